The molecular weight excluding hydrogens is 183 g/mol. The molecule has 11 heavy (non-hydrogen) atoms. The molecule has 0 fully saturated rings. The van der Waals surface area contributed by atoms with Crippen LogP contribution in [0.3, 0.4) is 0 Å². The van der Waals surface area contributed by atoms with Crippen molar-refractivity contribution >= 4 is 30.6 Å². The molecule has 0 atom stereocenters. The van der Waals surface area contributed by atoms with E-state index in [4.69, 9.17) is 11.6 Å². The number of hydrogen-bond donors (Lipinski definition) is 0. The van der Waals surface area contributed by atoms with Gasteiger partial charge in [0.1, 0.15) is 0 Å². The topological polar surface area (TPSA) is 34.1 Å². The van der Waals surface area contributed by atoms with E-state index < -0.39 is 5.24 Å². The van der Waals surface area contributed by atoms with Crippen LogP contribution in [0.25, 0.3) is 0 Å². The number of rotatable bonds is 2. The van der Waals surface area contributed by atoms with Gasteiger partial charge in [0.2, 0.25) is 0 Å². The van der Waals surface area contributed by atoms with Crippen molar-refractivity contribution in [2.24, 2.45) is 0 Å². The predicted octanol–water partition coefficient (Wildman–Crippen LogP) is 1.98. The van der Waals surface area contributed by atoms with Crippen LogP contribution in [0.15, 0.2) is 24.3 Å². The van der Waals surface area contributed by atoms with Crippen LogP contribution in [-0.4, -0.2) is 5.24 Å². The third-order valence-corrected chi connectivity index (χ3v) is 2.00. The Labute approximate surface area is 70.4 Å². The lowest BCUT2D eigenvalue weighted by molar-refractivity contribution is 0.108. The Hall–Kier alpha value is -0.720. The molecule has 0 amide bonds. The minimum Gasteiger partial charge on any atom is -0.276 e. The predicted molar refractivity (Wildman–Crippen MR) is 43.9 cm³/mol. The standard InChI is InChI=1S/C7H4ClO2P/c8-7(9)5-3-1-2-4-6(5)11-10/h1-4H. The number of benzene rings is 1. The first kappa shape index (κ1) is 8.38. The van der Waals surface area contributed by atoms with E-state index in [1.807, 2.05) is 0 Å². The molecular formula is C7H4ClO2P. The van der Waals surface area contributed by atoms with Gasteiger partial charge in [0.25, 0.3) is 5.24 Å². The largest absolute Gasteiger partial charge is 0.276 e. The average Bonchev–Trinajstić information content (AvgIpc) is 2.04. The highest BCUT2D eigenvalue weighted by Crippen LogP contribution is 2.06. The Morgan fingerprint density at radius 2 is 2.00 bits per heavy atom. The van der Waals surface area contributed by atoms with E-state index in [1.165, 1.54) is 6.07 Å². The molecule has 0 saturated heterocycles. The summed E-state index contributed by atoms with van der Waals surface area (Å²) < 4.78 is 10.4. The van der Waals surface area contributed by atoms with Gasteiger partial charge < -0.3 is 0 Å². The van der Waals surface area contributed by atoms with Crippen LogP contribution < -0.4 is 5.30 Å². The molecule has 0 heterocycles. The maximum atomic E-state index is 10.6. The second-order valence-electron chi connectivity index (χ2n) is 1.88. The van der Waals surface area contributed by atoms with Gasteiger partial charge in [0.15, 0.2) is 8.46 Å². The van der Waals surface area contributed by atoms with E-state index >= 15 is 0 Å². The molecule has 0 aliphatic heterocycles. The number of hydrogen-bond acceptors (Lipinski definition) is 2. The Bertz CT molecular complexity index is 298. The van der Waals surface area contributed by atoms with Crippen LogP contribution in [-0.2, 0) is 4.57 Å². The van der Waals surface area contributed by atoms with Crippen LogP contribution in [0.1, 0.15) is 10.4 Å². The molecule has 0 bridgehead atoms. The molecule has 0 unspecified atom stereocenters. The third kappa shape index (κ3) is 1.86. The number of carbonyl (C=O) groups is 1. The molecule has 1 aromatic carbocycles. The summed E-state index contributed by atoms with van der Waals surface area (Å²) >= 11 is 5.20. The minimum atomic E-state index is -0.580. The molecule has 1 aromatic rings. The van der Waals surface area contributed by atoms with E-state index in [0.717, 1.165) is 0 Å². The fraction of sp³-hybridized carbons (Fsp3) is 0. The maximum absolute atomic E-state index is 10.6. The summed E-state index contributed by atoms with van der Waals surface area (Å²) in [4.78, 5) is 10.6. The minimum absolute atomic E-state index is 0.183. The highest BCUT2D eigenvalue weighted by atomic mass is 35.5. The van der Waals surface area contributed by atoms with Crippen LogP contribution >= 0.6 is 20.1 Å². The Morgan fingerprint density at radius 3 is 2.45 bits per heavy atom. The quantitative estimate of drug-likeness (QED) is 0.523. The first-order chi connectivity index (χ1) is 5.25. The Morgan fingerprint density at radius 1 is 1.36 bits per heavy atom. The van der Waals surface area contributed by atoms with Crippen LogP contribution in [0.2, 0.25) is 0 Å². The zero-order chi connectivity index (χ0) is 8.27. The first-order valence-corrected chi connectivity index (χ1v) is 4.07. The molecule has 0 radical (unpaired) electrons. The van der Waals surface area contributed by atoms with Crippen LogP contribution in [0.4, 0.5) is 0 Å². The summed E-state index contributed by atoms with van der Waals surface area (Å²) in [6.07, 6.45) is 0. The van der Waals surface area contributed by atoms with Gasteiger partial charge in [-0.3, -0.25) is 9.36 Å². The molecule has 0 aliphatic carbocycles. The van der Waals surface area contributed by atoms with E-state index in [9.17, 15) is 9.36 Å². The summed E-state index contributed by atoms with van der Waals surface area (Å²) in [5.74, 6) is 0. The molecule has 0 saturated carbocycles. The summed E-state index contributed by atoms with van der Waals surface area (Å²) in [5, 5.41) is -0.156. The number of carbonyl (C=O) groups excluding carboxylic acids is 1. The van der Waals surface area contributed by atoms with Gasteiger partial charge in [-0.2, -0.15) is 0 Å². The molecule has 1 rings (SSSR count). The zero-order valence-corrected chi connectivity index (χ0v) is 7.10. The molecule has 2 nitrogen and oxygen atoms in total. The fourth-order valence-electron chi connectivity index (χ4n) is 0.719. The van der Waals surface area contributed by atoms with Crippen molar-refractivity contribution < 1.29 is 9.36 Å². The van der Waals surface area contributed by atoms with E-state index in [0.29, 0.717) is 10.9 Å². The highest BCUT2D eigenvalue weighted by molar-refractivity contribution is 7.34. The SMILES string of the molecule is O=Pc1ccccc1C(=O)Cl. The van der Waals surface area contributed by atoms with Gasteiger partial charge >= 0.3 is 0 Å². The zero-order valence-electron chi connectivity index (χ0n) is 5.45. The lowest BCUT2D eigenvalue weighted by Crippen LogP contribution is -2.04. The first-order valence-electron chi connectivity index (χ1n) is 2.88. The molecule has 0 aliphatic rings. The second-order valence-corrected chi connectivity index (χ2v) is 2.89. The van der Waals surface area contributed by atoms with E-state index in [1.54, 1.807) is 18.2 Å². The monoisotopic (exact) mass is 186 g/mol. The van der Waals surface area contributed by atoms with Crippen molar-refractivity contribution in [2.75, 3.05) is 0 Å². The van der Waals surface area contributed by atoms with Crippen molar-refractivity contribution in [3.05, 3.63) is 29.8 Å². The van der Waals surface area contributed by atoms with Crippen LogP contribution in [0.5, 0.6) is 0 Å². The lowest BCUT2D eigenvalue weighted by atomic mass is 10.2. The van der Waals surface area contributed by atoms with Crippen molar-refractivity contribution in [3.8, 4) is 0 Å². The summed E-state index contributed by atoms with van der Waals surface area (Å²) in [7, 11) is -0.183. The number of halogens is 1. The van der Waals surface area contributed by atoms with Crippen LogP contribution in [0, 0.1) is 0 Å². The third-order valence-electron chi connectivity index (χ3n) is 1.21. The molecule has 0 aromatic heterocycles. The summed E-state index contributed by atoms with van der Waals surface area (Å²) in [6, 6.07) is 6.49. The smallest absolute Gasteiger partial charge is 0.253 e. The van der Waals surface area contributed by atoms with Crippen molar-refractivity contribution in [1.29, 1.82) is 0 Å². The fourth-order valence-corrected chi connectivity index (χ4v) is 1.37. The van der Waals surface area contributed by atoms with Gasteiger partial charge in [-0.05, 0) is 23.7 Å². The average molecular weight is 187 g/mol. The van der Waals surface area contributed by atoms with E-state index in [2.05, 4.69) is 0 Å². The van der Waals surface area contributed by atoms with Gasteiger partial charge in [-0.15, -0.1) is 0 Å². The Kier molecular flexibility index (Phi) is 2.75. The second kappa shape index (κ2) is 3.61. The van der Waals surface area contributed by atoms with Gasteiger partial charge in [-0.25, -0.2) is 0 Å². The molecule has 56 valence electrons. The summed E-state index contributed by atoms with van der Waals surface area (Å²) in [5.41, 5.74) is 0.297. The van der Waals surface area contributed by atoms with Crippen molar-refractivity contribution in [2.45, 2.75) is 0 Å². The molecule has 0 N–H and O–H groups in total. The normalized spacial score (nSPS) is 9.91. The highest BCUT2D eigenvalue weighted by Gasteiger charge is 2.06. The van der Waals surface area contributed by atoms with Gasteiger partial charge in [-0.1, -0.05) is 12.1 Å². The van der Waals surface area contributed by atoms with Gasteiger partial charge in [0, 0.05) is 5.56 Å². The lowest BCUT2D eigenvalue weighted by Gasteiger charge is -1.94. The molecule has 4 heteroatoms. The maximum Gasteiger partial charge on any atom is 0.253 e. The Balaban J connectivity index is 3.22. The van der Waals surface area contributed by atoms with Crippen molar-refractivity contribution in [1.82, 2.24) is 0 Å². The summed E-state index contributed by atoms with van der Waals surface area (Å²) in [6.45, 7) is 0. The molecule has 0 spiro atoms. The van der Waals surface area contributed by atoms with Gasteiger partial charge in [0.05, 0.1) is 5.30 Å². The van der Waals surface area contributed by atoms with Crippen molar-refractivity contribution in [3.63, 3.8) is 0 Å². The van der Waals surface area contributed by atoms with E-state index in [-0.39, 0.29) is 8.46 Å².